The molecule has 10 heteroatoms. The van der Waals surface area contributed by atoms with E-state index < -0.39 is 17.6 Å². The summed E-state index contributed by atoms with van der Waals surface area (Å²) < 4.78 is 46.8. The Morgan fingerprint density at radius 1 is 0.881 bits per heavy atom. The number of aromatic nitrogens is 3. The molecule has 0 saturated carbocycles. The fourth-order valence-corrected chi connectivity index (χ4v) is 5.11. The molecule has 1 fully saturated rings. The number of hydrogen-bond donors (Lipinski definition) is 1. The number of benzene rings is 3. The van der Waals surface area contributed by atoms with Crippen molar-refractivity contribution in [1.82, 2.24) is 19.4 Å². The molecule has 3 heterocycles. The first-order valence-corrected chi connectivity index (χ1v) is 13.6. The minimum atomic E-state index is -4.53. The Hall–Kier alpha value is -4.54. The number of rotatable bonds is 7. The van der Waals surface area contributed by atoms with Gasteiger partial charge >= 0.3 is 6.18 Å². The molecule has 0 radical (unpaired) electrons. The number of carbonyl (C=O) groups excluding carboxylic acids is 1. The van der Waals surface area contributed by atoms with E-state index in [-0.39, 0.29) is 5.56 Å². The van der Waals surface area contributed by atoms with Crippen molar-refractivity contribution in [2.24, 2.45) is 0 Å². The van der Waals surface area contributed by atoms with E-state index in [0.29, 0.717) is 17.9 Å². The van der Waals surface area contributed by atoms with Crippen LogP contribution in [0.3, 0.4) is 0 Å². The van der Waals surface area contributed by atoms with E-state index in [1.807, 2.05) is 18.3 Å². The van der Waals surface area contributed by atoms with Gasteiger partial charge in [-0.25, -0.2) is 9.97 Å². The second-order valence-electron chi connectivity index (χ2n) is 10.2. The maximum atomic E-state index is 13.1. The highest BCUT2D eigenvalue weighted by Crippen LogP contribution is 2.31. The van der Waals surface area contributed by atoms with Crippen molar-refractivity contribution in [3.63, 3.8) is 0 Å². The van der Waals surface area contributed by atoms with Crippen LogP contribution in [-0.2, 0) is 24.0 Å². The maximum absolute atomic E-state index is 13.1. The number of hydrogen-bond acceptors (Lipinski definition) is 5. The van der Waals surface area contributed by atoms with E-state index in [1.54, 1.807) is 18.2 Å². The quantitative estimate of drug-likeness (QED) is 0.250. The van der Waals surface area contributed by atoms with E-state index in [1.165, 1.54) is 24.0 Å². The van der Waals surface area contributed by atoms with Gasteiger partial charge in [-0.2, -0.15) is 13.2 Å². The van der Waals surface area contributed by atoms with Crippen molar-refractivity contribution >= 4 is 22.6 Å². The summed E-state index contributed by atoms with van der Waals surface area (Å²) in [5.41, 5.74) is 4.12. The largest absolute Gasteiger partial charge is 0.416 e. The summed E-state index contributed by atoms with van der Waals surface area (Å²) in [6.07, 6.45) is -1.05. The number of amides is 1. The first kappa shape index (κ1) is 27.6. The van der Waals surface area contributed by atoms with Gasteiger partial charge in [-0.05, 0) is 47.5 Å². The highest BCUT2D eigenvalue weighted by molar-refractivity contribution is 6.05. The number of morpholine rings is 1. The summed E-state index contributed by atoms with van der Waals surface area (Å²) in [7, 11) is 0. The Bertz CT molecular complexity index is 1710. The van der Waals surface area contributed by atoms with Crippen LogP contribution in [0.15, 0.2) is 91.4 Å². The highest BCUT2D eigenvalue weighted by atomic mass is 19.4. The van der Waals surface area contributed by atoms with Crippen LogP contribution in [0.5, 0.6) is 0 Å². The number of anilines is 1. The van der Waals surface area contributed by atoms with Gasteiger partial charge in [0.25, 0.3) is 5.91 Å². The second-order valence-corrected chi connectivity index (χ2v) is 10.2. The zero-order valence-corrected chi connectivity index (χ0v) is 22.6. The van der Waals surface area contributed by atoms with Crippen LogP contribution in [0.1, 0.15) is 27.0 Å². The van der Waals surface area contributed by atoms with Crippen molar-refractivity contribution < 1.29 is 22.7 Å². The summed E-state index contributed by atoms with van der Waals surface area (Å²) in [6, 6.07) is 22.0. The molecule has 0 aliphatic carbocycles. The summed E-state index contributed by atoms with van der Waals surface area (Å²) in [5.74, 6) is -0.631. The number of fused-ring (bicyclic) bond motifs is 1. The van der Waals surface area contributed by atoms with Gasteiger partial charge in [0.2, 0.25) is 0 Å². The summed E-state index contributed by atoms with van der Waals surface area (Å²) in [6.45, 7) is 5.01. The van der Waals surface area contributed by atoms with Gasteiger partial charge < -0.3 is 14.6 Å². The van der Waals surface area contributed by atoms with Crippen LogP contribution in [0.4, 0.5) is 18.9 Å². The SMILES string of the molecule is O=C(Nc1cccc(-c2ncnc3c2ccn3Cc2ccc(CN3CCOCC3)cc2)c1)c1cccc(C(F)(F)F)c1. The molecule has 214 valence electrons. The lowest BCUT2D eigenvalue weighted by Gasteiger charge is -2.26. The average molecular weight is 572 g/mol. The first-order valence-electron chi connectivity index (χ1n) is 13.6. The van der Waals surface area contributed by atoms with Crippen LogP contribution < -0.4 is 5.32 Å². The van der Waals surface area contributed by atoms with Crippen LogP contribution in [-0.4, -0.2) is 51.6 Å². The van der Waals surface area contributed by atoms with E-state index in [2.05, 4.69) is 49.0 Å². The molecular formula is C32H28F3N5O2. The molecule has 7 nitrogen and oxygen atoms in total. The molecule has 5 aromatic rings. The van der Waals surface area contributed by atoms with Crippen LogP contribution in [0.25, 0.3) is 22.3 Å². The number of nitrogens with zero attached hydrogens (tertiary/aromatic N) is 4. The maximum Gasteiger partial charge on any atom is 0.416 e. The van der Waals surface area contributed by atoms with Crippen LogP contribution in [0.2, 0.25) is 0 Å². The van der Waals surface area contributed by atoms with Gasteiger partial charge in [0.15, 0.2) is 0 Å². The van der Waals surface area contributed by atoms with Crippen molar-refractivity contribution in [1.29, 1.82) is 0 Å². The Labute approximate surface area is 240 Å². The molecule has 0 unspecified atom stereocenters. The predicted octanol–water partition coefficient (Wildman–Crippen LogP) is 6.25. The predicted molar refractivity (Wildman–Crippen MR) is 154 cm³/mol. The molecule has 2 aromatic heterocycles. The minimum absolute atomic E-state index is 0.0779. The Morgan fingerprint density at radius 2 is 1.62 bits per heavy atom. The van der Waals surface area contributed by atoms with Gasteiger partial charge in [-0.3, -0.25) is 9.69 Å². The van der Waals surface area contributed by atoms with E-state index in [0.717, 1.165) is 67.1 Å². The zero-order chi connectivity index (χ0) is 29.1. The number of ether oxygens (including phenoxy) is 1. The minimum Gasteiger partial charge on any atom is -0.379 e. The molecule has 3 aromatic carbocycles. The van der Waals surface area contributed by atoms with Crippen molar-refractivity contribution in [2.75, 3.05) is 31.6 Å². The molecule has 0 spiro atoms. The molecule has 42 heavy (non-hydrogen) atoms. The number of alkyl halides is 3. The Kier molecular flexibility index (Phi) is 7.73. The van der Waals surface area contributed by atoms with E-state index in [9.17, 15) is 18.0 Å². The fraction of sp³-hybridized carbons (Fsp3) is 0.219. The molecule has 6 rings (SSSR count). The Balaban J connectivity index is 1.18. The molecule has 0 atom stereocenters. The summed E-state index contributed by atoms with van der Waals surface area (Å²) >= 11 is 0. The standard InChI is InChI=1S/C32H28F3N5O2/c33-32(34,35)26-5-1-4-25(17-26)31(41)38-27-6-2-3-24(18-27)29-28-11-12-40(30(28)37-21-36-29)20-23-9-7-22(8-10-23)19-39-13-15-42-16-14-39/h1-12,17-18,21H,13-16,19-20H2,(H,38,41). The highest BCUT2D eigenvalue weighted by Gasteiger charge is 2.31. The molecular weight excluding hydrogens is 543 g/mol. The summed E-state index contributed by atoms with van der Waals surface area (Å²) in [5, 5.41) is 3.55. The van der Waals surface area contributed by atoms with Crippen LogP contribution in [0, 0.1) is 0 Å². The second kappa shape index (κ2) is 11.8. The molecule has 1 N–H and O–H groups in total. The van der Waals surface area contributed by atoms with E-state index >= 15 is 0 Å². The van der Waals surface area contributed by atoms with Crippen molar-refractivity contribution in [3.8, 4) is 11.3 Å². The Morgan fingerprint density at radius 3 is 2.38 bits per heavy atom. The molecule has 1 aliphatic rings. The number of halogens is 3. The lowest BCUT2D eigenvalue weighted by atomic mass is 10.1. The average Bonchev–Trinajstić information content (AvgIpc) is 3.41. The lowest BCUT2D eigenvalue weighted by Crippen LogP contribution is -2.35. The van der Waals surface area contributed by atoms with Gasteiger partial charge in [0.1, 0.15) is 12.0 Å². The third-order valence-electron chi connectivity index (χ3n) is 7.29. The van der Waals surface area contributed by atoms with Gasteiger partial charge in [0.05, 0.1) is 24.5 Å². The van der Waals surface area contributed by atoms with Gasteiger partial charge in [0, 0.05) is 54.6 Å². The molecule has 1 amide bonds. The first-order chi connectivity index (χ1) is 20.3. The van der Waals surface area contributed by atoms with Crippen molar-refractivity contribution in [2.45, 2.75) is 19.3 Å². The number of nitrogens with one attached hydrogen (secondary N) is 1. The third-order valence-corrected chi connectivity index (χ3v) is 7.29. The summed E-state index contributed by atoms with van der Waals surface area (Å²) in [4.78, 5) is 24.2. The van der Waals surface area contributed by atoms with E-state index in [4.69, 9.17) is 4.74 Å². The number of carbonyl (C=O) groups is 1. The smallest absolute Gasteiger partial charge is 0.379 e. The fourth-order valence-electron chi connectivity index (χ4n) is 5.11. The molecule has 0 bridgehead atoms. The van der Waals surface area contributed by atoms with Crippen LogP contribution >= 0.6 is 0 Å². The molecule has 1 aliphatic heterocycles. The normalized spacial score (nSPS) is 14.3. The lowest BCUT2D eigenvalue weighted by molar-refractivity contribution is -0.137. The third kappa shape index (κ3) is 6.19. The zero-order valence-electron chi connectivity index (χ0n) is 22.6. The van der Waals surface area contributed by atoms with Gasteiger partial charge in [-0.15, -0.1) is 0 Å². The monoisotopic (exact) mass is 571 g/mol. The van der Waals surface area contributed by atoms with Crippen molar-refractivity contribution in [3.05, 3.63) is 114 Å². The van der Waals surface area contributed by atoms with Gasteiger partial charge in [-0.1, -0.05) is 42.5 Å². The molecule has 1 saturated heterocycles. The topological polar surface area (TPSA) is 72.3 Å².